The maximum Gasteiger partial charge on any atom is 0.230 e. The molecule has 1 heterocycles. The second-order valence-corrected chi connectivity index (χ2v) is 8.22. The Morgan fingerprint density at radius 2 is 1.96 bits per heavy atom. The van der Waals surface area contributed by atoms with E-state index >= 15 is 0 Å². The van der Waals surface area contributed by atoms with Crippen LogP contribution in [0.5, 0.6) is 5.75 Å². The summed E-state index contributed by atoms with van der Waals surface area (Å²) in [5.41, 5.74) is 3.21. The second-order valence-electron chi connectivity index (χ2n) is 6.14. The summed E-state index contributed by atoms with van der Waals surface area (Å²) < 4.78 is 5.88. The van der Waals surface area contributed by atoms with Crippen molar-refractivity contribution >= 4 is 40.5 Å². The first-order chi connectivity index (χ1) is 13.5. The Balaban J connectivity index is 1.50. The molecule has 3 rings (SSSR count). The zero-order valence-electron chi connectivity index (χ0n) is 15.6. The van der Waals surface area contributed by atoms with E-state index in [4.69, 9.17) is 4.74 Å². The number of ketones is 1. The van der Waals surface area contributed by atoms with Crippen molar-refractivity contribution in [2.45, 2.75) is 17.7 Å². The number of nitrogens with zero attached hydrogens (tertiary/aromatic N) is 1. The molecule has 1 N–H and O–H groups in total. The van der Waals surface area contributed by atoms with Gasteiger partial charge in [0.05, 0.1) is 25.0 Å². The molecule has 0 aliphatic rings. The van der Waals surface area contributed by atoms with Crippen molar-refractivity contribution in [2.24, 2.45) is 0 Å². The van der Waals surface area contributed by atoms with E-state index in [9.17, 15) is 9.59 Å². The Bertz CT molecular complexity index is 968. The number of carbonyl (C=O) groups excluding carboxylic acids is 2. The molecule has 0 spiro atoms. The normalized spacial score (nSPS) is 10.5. The number of benzene rings is 2. The summed E-state index contributed by atoms with van der Waals surface area (Å²) in [6.07, 6.45) is 0.206. The third kappa shape index (κ3) is 5.68. The van der Waals surface area contributed by atoms with Crippen LogP contribution < -0.4 is 10.1 Å². The van der Waals surface area contributed by atoms with E-state index in [1.54, 1.807) is 31.4 Å². The standard InChI is InChI=1S/C21H20N2O3S2/c1-14-4-3-5-16(10-14)22-20(25)11-17-12-27-21(23-17)28-13-19(24)15-6-8-18(26-2)9-7-15/h3-10,12H,11,13H2,1-2H3,(H,22,25). The summed E-state index contributed by atoms with van der Waals surface area (Å²) in [6, 6.07) is 14.7. The first kappa shape index (κ1) is 20.1. The number of nitrogens with one attached hydrogen (secondary N) is 1. The number of amides is 1. The topological polar surface area (TPSA) is 68.3 Å². The Morgan fingerprint density at radius 3 is 2.68 bits per heavy atom. The van der Waals surface area contributed by atoms with Gasteiger partial charge in [0.1, 0.15) is 5.75 Å². The Kier molecular flexibility index (Phi) is 6.84. The summed E-state index contributed by atoms with van der Waals surface area (Å²) >= 11 is 2.83. The molecule has 3 aromatic rings. The van der Waals surface area contributed by atoms with Crippen molar-refractivity contribution in [3.63, 3.8) is 0 Å². The van der Waals surface area contributed by atoms with Gasteiger partial charge in [-0.05, 0) is 48.9 Å². The monoisotopic (exact) mass is 412 g/mol. The number of aryl methyl sites for hydroxylation is 1. The van der Waals surface area contributed by atoms with E-state index in [1.165, 1.54) is 23.1 Å². The lowest BCUT2D eigenvalue weighted by Crippen LogP contribution is -2.14. The third-order valence-electron chi connectivity index (χ3n) is 3.91. The SMILES string of the molecule is COc1ccc(C(=O)CSc2nc(CC(=O)Nc3cccc(C)c3)cs2)cc1. The van der Waals surface area contributed by atoms with Gasteiger partial charge in [0.25, 0.3) is 0 Å². The Morgan fingerprint density at radius 1 is 1.18 bits per heavy atom. The van der Waals surface area contributed by atoms with E-state index in [2.05, 4.69) is 10.3 Å². The smallest absolute Gasteiger partial charge is 0.230 e. The number of Topliss-reactive ketones (excluding diaryl/α,β-unsaturated/α-hetero) is 1. The number of aromatic nitrogens is 1. The summed E-state index contributed by atoms with van der Waals surface area (Å²) in [5.74, 6) is 0.940. The van der Waals surface area contributed by atoms with Crippen LogP contribution >= 0.6 is 23.1 Å². The van der Waals surface area contributed by atoms with Gasteiger partial charge in [-0.1, -0.05) is 23.9 Å². The van der Waals surface area contributed by atoms with Crippen LogP contribution in [0.25, 0.3) is 0 Å². The minimum absolute atomic E-state index is 0.0293. The molecule has 0 saturated carbocycles. The molecule has 0 aliphatic heterocycles. The van der Waals surface area contributed by atoms with Gasteiger partial charge >= 0.3 is 0 Å². The number of thioether (sulfide) groups is 1. The summed E-state index contributed by atoms with van der Waals surface area (Å²) in [5, 5.41) is 4.73. The molecule has 0 radical (unpaired) electrons. The number of methoxy groups -OCH3 is 1. The van der Waals surface area contributed by atoms with Crippen LogP contribution in [0.2, 0.25) is 0 Å². The average molecular weight is 413 g/mol. The van der Waals surface area contributed by atoms with Gasteiger partial charge in [-0.15, -0.1) is 11.3 Å². The van der Waals surface area contributed by atoms with Gasteiger partial charge < -0.3 is 10.1 Å². The molecular formula is C21H20N2O3S2. The van der Waals surface area contributed by atoms with Crippen LogP contribution in [0.1, 0.15) is 21.6 Å². The van der Waals surface area contributed by atoms with Crippen molar-refractivity contribution < 1.29 is 14.3 Å². The highest BCUT2D eigenvalue weighted by Gasteiger charge is 2.11. The highest BCUT2D eigenvalue weighted by atomic mass is 32.2. The van der Waals surface area contributed by atoms with Crippen LogP contribution in [0.3, 0.4) is 0 Å². The fourth-order valence-electron chi connectivity index (χ4n) is 2.52. The maximum atomic E-state index is 12.3. The maximum absolute atomic E-state index is 12.3. The van der Waals surface area contributed by atoms with Gasteiger partial charge in [-0.25, -0.2) is 4.98 Å². The van der Waals surface area contributed by atoms with Crippen LogP contribution in [-0.2, 0) is 11.2 Å². The molecule has 0 unspecified atom stereocenters. The quantitative estimate of drug-likeness (QED) is 0.432. The fraction of sp³-hybridized carbons (Fsp3) is 0.190. The first-order valence-corrected chi connectivity index (χ1v) is 10.5. The minimum Gasteiger partial charge on any atom is -0.497 e. The molecule has 5 nitrogen and oxygen atoms in total. The molecule has 1 aromatic heterocycles. The Labute approximate surface area is 172 Å². The molecule has 0 saturated heterocycles. The summed E-state index contributed by atoms with van der Waals surface area (Å²) in [6.45, 7) is 1.98. The number of hydrogen-bond acceptors (Lipinski definition) is 6. The van der Waals surface area contributed by atoms with E-state index in [-0.39, 0.29) is 18.1 Å². The van der Waals surface area contributed by atoms with Crippen LogP contribution in [0, 0.1) is 6.92 Å². The number of anilines is 1. The molecule has 144 valence electrons. The second kappa shape index (κ2) is 9.52. The van der Waals surface area contributed by atoms with Crippen LogP contribution in [0.15, 0.2) is 58.3 Å². The molecule has 7 heteroatoms. The summed E-state index contributed by atoms with van der Waals surface area (Å²) in [4.78, 5) is 28.9. The van der Waals surface area contributed by atoms with E-state index in [0.29, 0.717) is 17.0 Å². The van der Waals surface area contributed by atoms with E-state index in [0.717, 1.165) is 21.3 Å². The molecule has 28 heavy (non-hydrogen) atoms. The Hall–Kier alpha value is -2.64. The van der Waals surface area contributed by atoms with Gasteiger partial charge in [0, 0.05) is 16.6 Å². The molecule has 0 fully saturated rings. The van der Waals surface area contributed by atoms with E-state index in [1.807, 2.05) is 36.6 Å². The van der Waals surface area contributed by atoms with Crippen molar-refractivity contribution in [2.75, 3.05) is 18.2 Å². The van der Waals surface area contributed by atoms with Crippen molar-refractivity contribution in [3.8, 4) is 5.75 Å². The predicted octanol–water partition coefficient (Wildman–Crippen LogP) is 4.62. The van der Waals surface area contributed by atoms with Crippen molar-refractivity contribution in [1.29, 1.82) is 0 Å². The highest BCUT2D eigenvalue weighted by Crippen LogP contribution is 2.24. The molecule has 1 amide bonds. The lowest BCUT2D eigenvalue weighted by molar-refractivity contribution is -0.115. The third-order valence-corrected chi connectivity index (χ3v) is 5.98. The predicted molar refractivity (Wildman–Crippen MR) is 114 cm³/mol. The number of ether oxygens (including phenoxy) is 1. The average Bonchev–Trinajstić information content (AvgIpc) is 3.13. The number of hydrogen-bond donors (Lipinski definition) is 1. The highest BCUT2D eigenvalue weighted by molar-refractivity contribution is 8.01. The van der Waals surface area contributed by atoms with Crippen LogP contribution in [-0.4, -0.2) is 29.5 Å². The van der Waals surface area contributed by atoms with Gasteiger partial charge in [0.15, 0.2) is 10.1 Å². The lowest BCUT2D eigenvalue weighted by Gasteiger charge is -2.04. The zero-order valence-corrected chi connectivity index (χ0v) is 17.2. The molecule has 2 aromatic carbocycles. The van der Waals surface area contributed by atoms with Crippen molar-refractivity contribution in [1.82, 2.24) is 4.98 Å². The van der Waals surface area contributed by atoms with Crippen molar-refractivity contribution in [3.05, 3.63) is 70.7 Å². The fourth-order valence-corrected chi connectivity index (χ4v) is 4.26. The number of carbonyl (C=O) groups is 2. The number of thiazole rings is 1. The molecule has 0 atom stereocenters. The van der Waals surface area contributed by atoms with Gasteiger partial charge in [0.2, 0.25) is 5.91 Å². The van der Waals surface area contributed by atoms with E-state index < -0.39 is 0 Å². The lowest BCUT2D eigenvalue weighted by atomic mass is 10.1. The summed E-state index contributed by atoms with van der Waals surface area (Å²) in [7, 11) is 1.59. The first-order valence-electron chi connectivity index (χ1n) is 8.64. The zero-order chi connectivity index (χ0) is 19.9. The molecular weight excluding hydrogens is 392 g/mol. The molecule has 0 bridgehead atoms. The molecule has 0 aliphatic carbocycles. The number of rotatable bonds is 8. The van der Waals surface area contributed by atoms with Gasteiger partial charge in [-0.2, -0.15) is 0 Å². The largest absolute Gasteiger partial charge is 0.497 e. The minimum atomic E-state index is -0.109. The van der Waals surface area contributed by atoms with Crippen LogP contribution in [0.4, 0.5) is 5.69 Å². The van der Waals surface area contributed by atoms with Gasteiger partial charge in [-0.3, -0.25) is 9.59 Å².